The van der Waals surface area contributed by atoms with Crippen molar-refractivity contribution in [2.75, 3.05) is 39.5 Å². The SMILES string of the molecule is CCOCCCNC(=O)CNCC1CCCO1. The molecule has 1 atom stereocenters. The molecule has 1 aliphatic heterocycles. The highest BCUT2D eigenvalue weighted by molar-refractivity contribution is 5.77. The highest BCUT2D eigenvalue weighted by Crippen LogP contribution is 2.10. The molecule has 0 saturated carbocycles. The minimum Gasteiger partial charge on any atom is -0.382 e. The molecule has 1 saturated heterocycles. The molecule has 5 nitrogen and oxygen atoms in total. The van der Waals surface area contributed by atoms with Gasteiger partial charge in [-0.2, -0.15) is 0 Å². The third-order valence-electron chi connectivity index (χ3n) is 2.67. The summed E-state index contributed by atoms with van der Waals surface area (Å²) in [6.45, 7) is 6.09. The maximum atomic E-state index is 11.4. The Kier molecular flexibility index (Phi) is 7.96. The van der Waals surface area contributed by atoms with Crippen LogP contribution in [0.4, 0.5) is 0 Å². The maximum Gasteiger partial charge on any atom is 0.233 e. The number of rotatable bonds is 9. The Labute approximate surface area is 103 Å². The molecule has 1 amide bonds. The van der Waals surface area contributed by atoms with E-state index in [9.17, 15) is 4.79 Å². The predicted octanol–water partition coefficient (Wildman–Crippen LogP) is 0.298. The molecular weight excluding hydrogens is 220 g/mol. The van der Waals surface area contributed by atoms with Gasteiger partial charge in [-0.3, -0.25) is 4.79 Å². The van der Waals surface area contributed by atoms with Crippen molar-refractivity contribution in [1.29, 1.82) is 0 Å². The summed E-state index contributed by atoms with van der Waals surface area (Å²) in [5.74, 6) is 0.0412. The van der Waals surface area contributed by atoms with Crippen molar-refractivity contribution in [3.05, 3.63) is 0 Å². The van der Waals surface area contributed by atoms with E-state index in [0.717, 1.165) is 39.0 Å². The van der Waals surface area contributed by atoms with Gasteiger partial charge in [0.15, 0.2) is 0 Å². The Balaban J connectivity index is 1.86. The average molecular weight is 244 g/mol. The third-order valence-corrected chi connectivity index (χ3v) is 2.67. The summed E-state index contributed by atoms with van der Waals surface area (Å²) in [7, 11) is 0. The molecule has 0 radical (unpaired) electrons. The molecule has 1 unspecified atom stereocenters. The molecule has 0 aromatic rings. The predicted molar refractivity (Wildman–Crippen MR) is 66.0 cm³/mol. The monoisotopic (exact) mass is 244 g/mol. The van der Waals surface area contributed by atoms with Gasteiger partial charge in [0.2, 0.25) is 5.91 Å². The van der Waals surface area contributed by atoms with E-state index in [0.29, 0.717) is 25.8 Å². The van der Waals surface area contributed by atoms with Crippen LogP contribution in [0.5, 0.6) is 0 Å². The zero-order chi connectivity index (χ0) is 12.3. The largest absolute Gasteiger partial charge is 0.382 e. The lowest BCUT2D eigenvalue weighted by Crippen LogP contribution is -2.37. The first-order chi connectivity index (χ1) is 8.33. The number of carbonyl (C=O) groups is 1. The Morgan fingerprint density at radius 3 is 3.12 bits per heavy atom. The fourth-order valence-corrected chi connectivity index (χ4v) is 1.76. The van der Waals surface area contributed by atoms with Gasteiger partial charge in [0, 0.05) is 32.9 Å². The van der Waals surface area contributed by atoms with Gasteiger partial charge < -0.3 is 20.1 Å². The van der Waals surface area contributed by atoms with Crippen LogP contribution in [0, 0.1) is 0 Å². The van der Waals surface area contributed by atoms with Gasteiger partial charge in [-0.25, -0.2) is 0 Å². The van der Waals surface area contributed by atoms with Crippen LogP contribution in [0.1, 0.15) is 26.2 Å². The zero-order valence-electron chi connectivity index (χ0n) is 10.7. The first-order valence-corrected chi connectivity index (χ1v) is 6.49. The van der Waals surface area contributed by atoms with Gasteiger partial charge in [-0.05, 0) is 26.2 Å². The van der Waals surface area contributed by atoms with E-state index in [1.54, 1.807) is 0 Å². The van der Waals surface area contributed by atoms with E-state index >= 15 is 0 Å². The lowest BCUT2D eigenvalue weighted by molar-refractivity contribution is -0.120. The summed E-state index contributed by atoms with van der Waals surface area (Å²) >= 11 is 0. The molecule has 0 bridgehead atoms. The second kappa shape index (κ2) is 9.39. The minimum atomic E-state index is 0.0412. The van der Waals surface area contributed by atoms with Crippen molar-refractivity contribution in [3.63, 3.8) is 0 Å². The van der Waals surface area contributed by atoms with Crippen LogP contribution in [-0.4, -0.2) is 51.5 Å². The molecule has 1 aliphatic rings. The topological polar surface area (TPSA) is 59.6 Å². The van der Waals surface area contributed by atoms with Crippen molar-refractivity contribution in [3.8, 4) is 0 Å². The van der Waals surface area contributed by atoms with Gasteiger partial charge in [-0.1, -0.05) is 0 Å². The molecule has 0 aromatic heterocycles. The smallest absolute Gasteiger partial charge is 0.233 e. The van der Waals surface area contributed by atoms with Crippen molar-refractivity contribution in [2.45, 2.75) is 32.3 Å². The molecule has 0 spiro atoms. The number of carbonyl (C=O) groups excluding carboxylic acids is 1. The third kappa shape index (κ3) is 7.31. The van der Waals surface area contributed by atoms with Crippen molar-refractivity contribution in [2.24, 2.45) is 0 Å². The highest BCUT2D eigenvalue weighted by atomic mass is 16.5. The van der Waals surface area contributed by atoms with Crippen LogP contribution in [0.2, 0.25) is 0 Å². The molecule has 0 aliphatic carbocycles. The van der Waals surface area contributed by atoms with Crippen molar-refractivity contribution >= 4 is 5.91 Å². The Hall–Kier alpha value is -0.650. The van der Waals surface area contributed by atoms with Crippen LogP contribution in [0.15, 0.2) is 0 Å². The number of nitrogens with one attached hydrogen (secondary N) is 2. The van der Waals surface area contributed by atoms with E-state index in [1.807, 2.05) is 6.92 Å². The molecule has 17 heavy (non-hydrogen) atoms. The fourth-order valence-electron chi connectivity index (χ4n) is 1.76. The Morgan fingerprint density at radius 1 is 1.53 bits per heavy atom. The summed E-state index contributed by atoms with van der Waals surface area (Å²) in [5.41, 5.74) is 0. The van der Waals surface area contributed by atoms with E-state index in [1.165, 1.54) is 0 Å². The van der Waals surface area contributed by atoms with E-state index in [4.69, 9.17) is 9.47 Å². The van der Waals surface area contributed by atoms with Crippen LogP contribution in [0.3, 0.4) is 0 Å². The second-order valence-electron chi connectivity index (χ2n) is 4.17. The van der Waals surface area contributed by atoms with Crippen LogP contribution in [0.25, 0.3) is 0 Å². The van der Waals surface area contributed by atoms with E-state index < -0.39 is 0 Å². The molecule has 1 heterocycles. The summed E-state index contributed by atoms with van der Waals surface area (Å²) < 4.78 is 10.6. The molecule has 100 valence electrons. The van der Waals surface area contributed by atoms with Gasteiger partial charge >= 0.3 is 0 Å². The summed E-state index contributed by atoms with van der Waals surface area (Å²) in [6, 6.07) is 0. The summed E-state index contributed by atoms with van der Waals surface area (Å²) in [6.07, 6.45) is 3.39. The molecule has 2 N–H and O–H groups in total. The Bertz CT molecular complexity index is 206. The summed E-state index contributed by atoms with van der Waals surface area (Å²) in [4.78, 5) is 11.4. The molecule has 1 rings (SSSR count). The van der Waals surface area contributed by atoms with Crippen LogP contribution in [-0.2, 0) is 14.3 Å². The molecule has 0 aromatic carbocycles. The number of amides is 1. The normalized spacial score (nSPS) is 19.5. The van der Waals surface area contributed by atoms with Crippen LogP contribution >= 0.6 is 0 Å². The van der Waals surface area contributed by atoms with Crippen LogP contribution < -0.4 is 10.6 Å². The first-order valence-electron chi connectivity index (χ1n) is 6.49. The summed E-state index contributed by atoms with van der Waals surface area (Å²) in [5, 5.41) is 5.96. The first kappa shape index (κ1) is 14.4. The van der Waals surface area contributed by atoms with Gasteiger partial charge in [0.05, 0.1) is 12.6 Å². The van der Waals surface area contributed by atoms with Crippen molar-refractivity contribution in [1.82, 2.24) is 10.6 Å². The van der Waals surface area contributed by atoms with Gasteiger partial charge in [0.25, 0.3) is 0 Å². The maximum absolute atomic E-state index is 11.4. The highest BCUT2D eigenvalue weighted by Gasteiger charge is 2.14. The van der Waals surface area contributed by atoms with Crippen molar-refractivity contribution < 1.29 is 14.3 Å². The van der Waals surface area contributed by atoms with E-state index in [2.05, 4.69) is 10.6 Å². The Morgan fingerprint density at radius 2 is 2.41 bits per heavy atom. The number of hydrogen-bond donors (Lipinski definition) is 2. The molecule has 1 fully saturated rings. The zero-order valence-corrected chi connectivity index (χ0v) is 10.7. The quantitative estimate of drug-likeness (QED) is 0.573. The lowest BCUT2D eigenvalue weighted by atomic mass is 10.2. The standard InChI is InChI=1S/C12H24N2O3/c1-2-16-7-4-6-14-12(15)10-13-9-11-5-3-8-17-11/h11,13H,2-10H2,1H3,(H,14,15). The van der Waals surface area contributed by atoms with E-state index in [-0.39, 0.29) is 5.91 Å². The fraction of sp³-hybridized carbons (Fsp3) is 0.917. The second-order valence-corrected chi connectivity index (χ2v) is 4.17. The molecule has 5 heteroatoms. The number of hydrogen-bond acceptors (Lipinski definition) is 4. The van der Waals surface area contributed by atoms with Gasteiger partial charge in [0.1, 0.15) is 0 Å². The van der Waals surface area contributed by atoms with Gasteiger partial charge in [-0.15, -0.1) is 0 Å². The average Bonchev–Trinajstić information content (AvgIpc) is 2.82. The minimum absolute atomic E-state index is 0.0412. The number of ether oxygens (including phenoxy) is 2. The molecular formula is C12H24N2O3. The lowest BCUT2D eigenvalue weighted by Gasteiger charge is -2.10.